The number of para-hydroxylation sites is 1. The highest BCUT2D eigenvalue weighted by molar-refractivity contribution is 5.63. The van der Waals surface area contributed by atoms with Crippen LogP contribution in [0.4, 0.5) is 0 Å². The van der Waals surface area contributed by atoms with Gasteiger partial charge in [-0.15, -0.1) is 0 Å². The summed E-state index contributed by atoms with van der Waals surface area (Å²) in [5, 5.41) is 0. The van der Waals surface area contributed by atoms with Crippen molar-refractivity contribution in [3.8, 4) is 16.9 Å². The van der Waals surface area contributed by atoms with E-state index in [4.69, 9.17) is 9.47 Å². The fourth-order valence-corrected chi connectivity index (χ4v) is 3.44. The minimum absolute atomic E-state index is 0.0542. The summed E-state index contributed by atoms with van der Waals surface area (Å²) in [6.07, 6.45) is 0.0542. The Bertz CT molecular complexity index is 818. The molecule has 3 aromatic carbocycles. The van der Waals surface area contributed by atoms with Gasteiger partial charge in [-0.05, 0) is 28.8 Å². The molecule has 0 N–H and O–H groups in total. The van der Waals surface area contributed by atoms with E-state index in [2.05, 4.69) is 53.4 Å². The monoisotopic (exact) mass is 359 g/mol. The summed E-state index contributed by atoms with van der Waals surface area (Å²) < 4.78 is 11.9. The summed E-state index contributed by atoms with van der Waals surface area (Å²) in [6.45, 7) is 4.09. The van der Waals surface area contributed by atoms with Gasteiger partial charge in [0.25, 0.3) is 0 Å². The lowest BCUT2D eigenvalue weighted by Crippen LogP contribution is -2.35. The topological polar surface area (TPSA) is 21.7 Å². The van der Waals surface area contributed by atoms with Crippen molar-refractivity contribution in [2.45, 2.75) is 12.6 Å². The molecule has 0 aromatic heterocycles. The van der Waals surface area contributed by atoms with Gasteiger partial charge in [-0.2, -0.15) is 0 Å². The van der Waals surface area contributed by atoms with Gasteiger partial charge in [0.2, 0.25) is 0 Å². The van der Waals surface area contributed by atoms with Crippen LogP contribution < -0.4 is 4.74 Å². The average molecular weight is 359 g/mol. The molecule has 0 radical (unpaired) electrons. The van der Waals surface area contributed by atoms with Crippen LogP contribution >= 0.6 is 0 Å². The molecule has 1 unspecified atom stereocenters. The molecule has 0 bridgehead atoms. The zero-order valence-electron chi connectivity index (χ0n) is 15.5. The molecule has 0 aliphatic carbocycles. The summed E-state index contributed by atoms with van der Waals surface area (Å²) in [5.41, 5.74) is 3.82. The van der Waals surface area contributed by atoms with Crippen molar-refractivity contribution in [1.29, 1.82) is 0 Å². The average Bonchev–Trinajstić information content (AvgIpc) is 2.95. The molecule has 138 valence electrons. The van der Waals surface area contributed by atoms with Crippen molar-refractivity contribution in [2.75, 3.05) is 26.3 Å². The van der Waals surface area contributed by atoms with E-state index in [1.807, 2.05) is 36.4 Å². The first-order valence-corrected chi connectivity index (χ1v) is 9.53. The van der Waals surface area contributed by atoms with Crippen LogP contribution in [0.1, 0.15) is 5.56 Å². The highest BCUT2D eigenvalue weighted by Crippen LogP contribution is 2.20. The maximum atomic E-state index is 6.11. The Hall–Kier alpha value is -2.62. The van der Waals surface area contributed by atoms with Gasteiger partial charge in [-0.25, -0.2) is 0 Å². The van der Waals surface area contributed by atoms with E-state index >= 15 is 0 Å². The van der Waals surface area contributed by atoms with E-state index in [1.54, 1.807) is 0 Å². The minimum atomic E-state index is 0.0542. The third-order valence-electron chi connectivity index (χ3n) is 4.83. The lowest BCUT2D eigenvalue weighted by molar-refractivity contribution is 0.0710. The molecule has 3 nitrogen and oxygen atoms in total. The zero-order chi connectivity index (χ0) is 18.3. The predicted octanol–water partition coefficient (Wildman–Crippen LogP) is 4.63. The van der Waals surface area contributed by atoms with E-state index < -0.39 is 0 Å². The predicted molar refractivity (Wildman–Crippen MR) is 109 cm³/mol. The van der Waals surface area contributed by atoms with Gasteiger partial charge in [-0.3, -0.25) is 4.90 Å². The molecule has 1 aliphatic heterocycles. The van der Waals surface area contributed by atoms with Crippen LogP contribution in [-0.2, 0) is 11.3 Å². The summed E-state index contributed by atoms with van der Waals surface area (Å²) in [7, 11) is 0. The Morgan fingerprint density at radius 3 is 2.22 bits per heavy atom. The molecular formula is C24H25NO2. The van der Waals surface area contributed by atoms with Crippen LogP contribution in [0, 0.1) is 0 Å². The molecule has 0 spiro atoms. The van der Waals surface area contributed by atoms with Crippen LogP contribution in [-0.4, -0.2) is 37.3 Å². The first-order valence-electron chi connectivity index (χ1n) is 9.53. The summed E-state index contributed by atoms with van der Waals surface area (Å²) in [5.74, 6) is 0.903. The molecule has 3 heteroatoms. The van der Waals surface area contributed by atoms with Gasteiger partial charge < -0.3 is 9.47 Å². The molecule has 27 heavy (non-hydrogen) atoms. The van der Waals surface area contributed by atoms with Crippen LogP contribution in [0.15, 0.2) is 84.9 Å². The third-order valence-corrected chi connectivity index (χ3v) is 4.83. The van der Waals surface area contributed by atoms with Gasteiger partial charge in [0.1, 0.15) is 11.9 Å². The standard InChI is InChI=1S/C24H25NO2/c1-3-7-21(8-4-1)22-13-11-20(12-14-22)17-25-15-16-26-19-24(18-25)27-23-9-5-2-6-10-23/h1-14,24H,15-19H2. The number of hydrogen-bond donors (Lipinski definition) is 0. The molecule has 4 rings (SSSR count). The Kier molecular flexibility index (Phi) is 5.83. The van der Waals surface area contributed by atoms with E-state index in [9.17, 15) is 0 Å². The normalized spacial score (nSPS) is 18.0. The minimum Gasteiger partial charge on any atom is -0.487 e. The molecule has 1 saturated heterocycles. The van der Waals surface area contributed by atoms with Gasteiger partial charge in [0.05, 0.1) is 13.2 Å². The second-order valence-electron chi connectivity index (χ2n) is 6.93. The second kappa shape index (κ2) is 8.85. The first kappa shape index (κ1) is 17.8. The van der Waals surface area contributed by atoms with E-state index in [-0.39, 0.29) is 6.10 Å². The van der Waals surface area contributed by atoms with Crippen molar-refractivity contribution in [2.24, 2.45) is 0 Å². The quantitative estimate of drug-likeness (QED) is 0.663. The van der Waals surface area contributed by atoms with E-state index in [0.717, 1.165) is 32.0 Å². The fourth-order valence-electron chi connectivity index (χ4n) is 3.44. The van der Waals surface area contributed by atoms with Gasteiger partial charge in [-0.1, -0.05) is 72.8 Å². The molecule has 1 aliphatic rings. The number of rotatable bonds is 5. The highest BCUT2D eigenvalue weighted by atomic mass is 16.5. The van der Waals surface area contributed by atoms with Crippen molar-refractivity contribution in [3.63, 3.8) is 0 Å². The Labute approximate surface area is 161 Å². The molecule has 0 amide bonds. The summed E-state index contributed by atoms with van der Waals surface area (Å²) in [6, 6.07) is 29.3. The number of hydrogen-bond acceptors (Lipinski definition) is 3. The molecule has 3 aromatic rings. The fraction of sp³-hybridized carbons (Fsp3) is 0.250. The molecule has 1 heterocycles. The van der Waals surface area contributed by atoms with E-state index in [1.165, 1.54) is 16.7 Å². The highest BCUT2D eigenvalue weighted by Gasteiger charge is 2.20. The van der Waals surface area contributed by atoms with Crippen LogP contribution in [0.2, 0.25) is 0 Å². The molecule has 1 atom stereocenters. The lowest BCUT2D eigenvalue weighted by Gasteiger charge is -2.24. The maximum absolute atomic E-state index is 6.11. The maximum Gasteiger partial charge on any atom is 0.135 e. The number of benzene rings is 3. The van der Waals surface area contributed by atoms with Crippen LogP contribution in [0.3, 0.4) is 0 Å². The van der Waals surface area contributed by atoms with Gasteiger partial charge in [0.15, 0.2) is 0 Å². The third kappa shape index (κ3) is 4.97. The second-order valence-corrected chi connectivity index (χ2v) is 6.93. The largest absolute Gasteiger partial charge is 0.487 e. The van der Waals surface area contributed by atoms with Crippen LogP contribution in [0.5, 0.6) is 5.75 Å². The Morgan fingerprint density at radius 2 is 1.48 bits per heavy atom. The van der Waals surface area contributed by atoms with Gasteiger partial charge in [0, 0.05) is 19.6 Å². The first-order chi connectivity index (χ1) is 13.4. The van der Waals surface area contributed by atoms with Crippen molar-refractivity contribution >= 4 is 0 Å². The van der Waals surface area contributed by atoms with Crippen molar-refractivity contribution < 1.29 is 9.47 Å². The van der Waals surface area contributed by atoms with Gasteiger partial charge >= 0.3 is 0 Å². The molecule has 1 fully saturated rings. The smallest absolute Gasteiger partial charge is 0.135 e. The SMILES string of the molecule is c1ccc(OC2COCCN(Cc3ccc(-c4ccccc4)cc3)C2)cc1. The molecule has 0 saturated carbocycles. The lowest BCUT2D eigenvalue weighted by atomic mass is 10.0. The number of ether oxygens (including phenoxy) is 2. The Morgan fingerprint density at radius 1 is 0.815 bits per heavy atom. The van der Waals surface area contributed by atoms with Crippen molar-refractivity contribution in [3.05, 3.63) is 90.5 Å². The Balaban J connectivity index is 1.39. The zero-order valence-corrected chi connectivity index (χ0v) is 15.5. The summed E-state index contributed by atoms with van der Waals surface area (Å²) in [4.78, 5) is 2.41. The van der Waals surface area contributed by atoms with Crippen LogP contribution in [0.25, 0.3) is 11.1 Å². The van der Waals surface area contributed by atoms with Crippen molar-refractivity contribution in [1.82, 2.24) is 4.90 Å². The summed E-state index contributed by atoms with van der Waals surface area (Å²) >= 11 is 0. The number of nitrogens with zero attached hydrogens (tertiary/aromatic N) is 1. The van der Waals surface area contributed by atoms with E-state index in [0.29, 0.717) is 6.61 Å². The molecular weight excluding hydrogens is 334 g/mol.